The maximum absolute atomic E-state index is 6.27. The highest BCUT2D eigenvalue weighted by Crippen LogP contribution is 2.29. The summed E-state index contributed by atoms with van der Waals surface area (Å²) in [5.74, 6) is 0.881. The number of benzene rings is 1. The average molecular weight is 325 g/mol. The smallest absolute Gasteiger partial charge is 0.127 e. The van der Waals surface area contributed by atoms with Gasteiger partial charge in [0.15, 0.2) is 0 Å². The molecule has 0 saturated carbocycles. The fourth-order valence-corrected chi connectivity index (χ4v) is 3.42. The summed E-state index contributed by atoms with van der Waals surface area (Å²) >= 11 is 14.3. The minimum absolute atomic E-state index is 0.137. The number of para-hydroxylation sites is 1. The largest absolute Gasteiger partial charge is 0.326 e. The van der Waals surface area contributed by atoms with Crippen molar-refractivity contribution in [3.8, 4) is 0 Å². The summed E-state index contributed by atoms with van der Waals surface area (Å²) in [6, 6.07) is 10.1. The molecule has 0 amide bonds. The van der Waals surface area contributed by atoms with E-state index in [1.807, 2.05) is 25.1 Å². The van der Waals surface area contributed by atoms with Crippen LogP contribution in [0.2, 0.25) is 5.02 Å². The summed E-state index contributed by atoms with van der Waals surface area (Å²) < 4.78 is 2.18. The maximum Gasteiger partial charge on any atom is 0.127 e. The highest BCUT2D eigenvalue weighted by Gasteiger charge is 2.16. The molecular formula is C15H14Cl2N2S. The number of fused-ring (bicyclic) bond motifs is 1. The van der Waals surface area contributed by atoms with Crippen molar-refractivity contribution < 1.29 is 0 Å². The third kappa shape index (κ3) is 2.58. The van der Waals surface area contributed by atoms with Gasteiger partial charge in [0.1, 0.15) is 11.3 Å². The lowest BCUT2D eigenvalue weighted by molar-refractivity contribution is 0.672. The molecule has 0 aliphatic rings. The highest BCUT2D eigenvalue weighted by atomic mass is 35.5. The molecule has 0 spiro atoms. The van der Waals surface area contributed by atoms with Crippen molar-refractivity contribution >= 4 is 45.6 Å². The fraction of sp³-hybridized carbons (Fsp3) is 0.267. The summed E-state index contributed by atoms with van der Waals surface area (Å²) in [6.45, 7) is 2.81. The predicted octanol–water partition coefficient (Wildman–Crippen LogP) is 5.29. The standard InChI is InChI=1S/C15H14Cl2N2S/c1-10(16)15-18-14-12(17)5-2-6-13(14)19(15)8-7-11-4-3-9-20-11/h2-6,9-10H,7-8H2,1H3. The second kappa shape index (κ2) is 5.76. The van der Waals surface area contributed by atoms with Gasteiger partial charge in [-0.1, -0.05) is 23.7 Å². The van der Waals surface area contributed by atoms with Crippen LogP contribution >= 0.6 is 34.5 Å². The van der Waals surface area contributed by atoms with Gasteiger partial charge in [0.05, 0.1) is 15.9 Å². The van der Waals surface area contributed by atoms with Crippen molar-refractivity contribution in [3.63, 3.8) is 0 Å². The minimum atomic E-state index is -0.137. The Hall–Kier alpha value is -1.03. The Kier molecular flexibility index (Phi) is 4.01. The van der Waals surface area contributed by atoms with Gasteiger partial charge in [0.2, 0.25) is 0 Å². The van der Waals surface area contributed by atoms with Gasteiger partial charge in [0.25, 0.3) is 0 Å². The Balaban J connectivity index is 2.02. The molecule has 2 nitrogen and oxygen atoms in total. The molecule has 1 aromatic carbocycles. The lowest BCUT2D eigenvalue weighted by atomic mass is 10.3. The van der Waals surface area contributed by atoms with E-state index in [1.54, 1.807) is 11.3 Å². The molecule has 0 aliphatic heterocycles. The second-order valence-electron chi connectivity index (χ2n) is 4.67. The Morgan fingerprint density at radius 3 is 2.85 bits per heavy atom. The summed E-state index contributed by atoms with van der Waals surface area (Å²) in [5, 5.41) is 2.64. The molecule has 2 aromatic heterocycles. The van der Waals surface area contributed by atoms with Gasteiger partial charge in [-0.15, -0.1) is 22.9 Å². The van der Waals surface area contributed by atoms with E-state index in [-0.39, 0.29) is 5.38 Å². The van der Waals surface area contributed by atoms with Crippen LogP contribution in [-0.2, 0) is 13.0 Å². The first-order valence-corrected chi connectivity index (χ1v) is 8.17. The maximum atomic E-state index is 6.27. The minimum Gasteiger partial charge on any atom is -0.326 e. The molecule has 0 aliphatic carbocycles. The SMILES string of the molecule is CC(Cl)c1nc2c(Cl)cccc2n1CCc1cccs1. The van der Waals surface area contributed by atoms with Gasteiger partial charge in [-0.05, 0) is 36.9 Å². The Labute approximate surface area is 132 Å². The Morgan fingerprint density at radius 2 is 2.15 bits per heavy atom. The number of aryl methyl sites for hydroxylation is 2. The first kappa shape index (κ1) is 13.9. The molecule has 3 rings (SSSR count). The lowest BCUT2D eigenvalue weighted by Gasteiger charge is -2.09. The van der Waals surface area contributed by atoms with Crippen molar-refractivity contribution in [2.45, 2.75) is 25.3 Å². The number of halogens is 2. The number of rotatable bonds is 4. The number of imidazole rings is 1. The summed E-state index contributed by atoms with van der Waals surface area (Å²) in [6.07, 6.45) is 0.978. The zero-order valence-electron chi connectivity index (χ0n) is 11.0. The molecule has 0 saturated heterocycles. The van der Waals surface area contributed by atoms with Gasteiger partial charge in [-0.2, -0.15) is 0 Å². The quantitative estimate of drug-likeness (QED) is 0.596. The molecule has 104 valence electrons. The van der Waals surface area contributed by atoms with Crippen molar-refractivity contribution in [1.82, 2.24) is 9.55 Å². The van der Waals surface area contributed by atoms with Crippen LogP contribution in [0.15, 0.2) is 35.7 Å². The molecule has 3 aromatic rings. The molecule has 0 N–H and O–H groups in total. The molecule has 2 heterocycles. The lowest BCUT2D eigenvalue weighted by Crippen LogP contribution is -2.06. The van der Waals surface area contributed by atoms with Crippen LogP contribution < -0.4 is 0 Å². The van der Waals surface area contributed by atoms with Gasteiger partial charge >= 0.3 is 0 Å². The zero-order chi connectivity index (χ0) is 14.1. The number of hydrogen-bond donors (Lipinski definition) is 0. The van der Waals surface area contributed by atoms with E-state index < -0.39 is 0 Å². The number of alkyl halides is 1. The Bertz CT molecular complexity index is 717. The van der Waals surface area contributed by atoms with Crippen LogP contribution in [0, 0.1) is 0 Å². The zero-order valence-corrected chi connectivity index (χ0v) is 13.3. The van der Waals surface area contributed by atoms with E-state index in [9.17, 15) is 0 Å². The highest BCUT2D eigenvalue weighted by molar-refractivity contribution is 7.09. The average Bonchev–Trinajstić information content (AvgIpc) is 3.03. The van der Waals surface area contributed by atoms with E-state index in [1.165, 1.54) is 4.88 Å². The molecule has 20 heavy (non-hydrogen) atoms. The number of thiophene rings is 1. The van der Waals surface area contributed by atoms with Crippen LogP contribution in [0.25, 0.3) is 11.0 Å². The van der Waals surface area contributed by atoms with E-state index >= 15 is 0 Å². The van der Waals surface area contributed by atoms with Gasteiger partial charge in [-0.25, -0.2) is 4.98 Å². The topological polar surface area (TPSA) is 17.8 Å². The molecule has 1 unspecified atom stereocenters. The molecule has 0 bridgehead atoms. The number of hydrogen-bond acceptors (Lipinski definition) is 2. The van der Waals surface area contributed by atoms with Crippen molar-refractivity contribution in [2.75, 3.05) is 0 Å². The van der Waals surface area contributed by atoms with Crippen LogP contribution in [0.5, 0.6) is 0 Å². The Morgan fingerprint density at radius 1 is 1.30 bits per heavy atom. The molecule has 0 radical (unpaired) electrons. The monoisotopic (exact) mass is 324 g/mol. The summed E-state index contributed by atoms with van der Waals surface area (Å²) in [4.78, 5) is 5.98. The molecular weight excluding hydrogens is 311 g/mol. The fourth-order valence-electron chi connectivity index (χ4n) is 2.35. The van der Waals surface area contributed by atoms with Gasteiger partial charge in [0, 0.05) is 11.4 Å². The number of aromatic nitrogens is 2. The van der Waals surface area contributed by atoms with Gasteiger partial charge < -0.3 is 4.57 Å². The molecule has 1 atom stereocenters. The van der Waals surface area contributed by atoms with E-state index in [4.69, 9.17) is 23.2 Å². The summed E-state index contributed by atoms with van der Waals surface area (Å²) in [5.41, 5.74) is 1.89. The summed E-state index contributed by atoms with van der Waals surface area (Å²) in [7, 11) is 0. The number of nitrogens with zero attached hydrogens (tertiary/aromatic N) is 2. The third-order valence-corrected chi connectivity index (χ3v) is 4.71. The molecule has 5 heteroatoms. The van der Waals surface area contributed by atoms with Crippen LogP contribution in [0.4, 0.5) is 0 Å². The van der Waals surface area contributed by atoms with Crippen LogP contribution in [0.3, 0.4) is 0 Å². The third-order valence-electron chi connectivity index (χ3n) is 3.28. The first-order valence-electron chi connectivity index (χ1n) is 6.48. The predicted molar refractivity (Wildman–Crippen MR) is 87.0 cm³/mol. The van der Waals surface area contributed by atoms with E-state index in [0.717, 1.165) is 29.8 Å². The van der Waals surface area contributed by atoms with Crippen molar-refractivity contribution in [2.24, 2.45) is 0 Å². The van der Waals surface area contributed by atoms with E-state index in [0.29, 0.717) is 5.02 Å². The second-order valence-corrected chi connectivity index (χ2v) is 6.77. The van der Waals surface area contributed by atoms with Crippen molar-refractivity contribution in [1.29, 1.82) is 0 Å². The van der Waals surface area contributed by atoms with E-state index in [2.05, 4.69) is 27.1 Å². The normalized spacial score (nSPS) is 12.9. The van der Waals surface area contributed by atoms with Crippen LogP contribution in [-0.4, -0.2) is 9.55 Å². The molecule has 0 fully saturated rings. The van der Waals surface area contributed by atoms with Gasteiger partial charge in [-0.3, -0.25) is 0 Å². The first-order chi connectivity index (χ1) is 9.66. The van der Waals surface area contributed by atoms with Crippen molar-refractivity contribution in [3.05, 3.63) is 51.4 Å². The van der Waals surface area contributed by atoms with Crippen LogP contribution in [0.1, 0.15) is 23.0 Å².